The van der Waals surface area contributed by atoms with Crippen LogP contribution in [-0.4, -0.2) is 15.0 Å². The molecule has 3 aromatic carbocycles. The van der Waals surface area contributed by atoms with Crippen molar-refractivity contribution in [2.24, 2.45) is 0 Å². The van der Waals surface area contributed by atoms with E-state index in [9.17, 15) is 9.65 Å². The van der Waals surface area contributed by atoms with Gasteiger partial charge < -0.3 is 19.8 Å². The van der Waals surface area contributed by atoms with Gasteiger partial charge in [-0.3, -0.25) is 4.98 Å². The number of aromatic amines is 1. The van der Waals surface area contributed by atoms with Gasteiger partial charge in [-0.25, -0.2) is 9.37 Å². The topological polar surface area (TPSA) is 95.8 Å². The molecule has 210 valence electrons. The number of benzene rings is 3. The summed E-state index contributed by atoms with van der Waals surface area (Å²) >= 11 is 6.77. The number of nitrogens with zero attached hydrogens (tertiary/aromatic N) is 3. The fourth-order valence-corrected chi connectivity index (χ4v) is 5.50. The van der Waals surface area contributed by atoms with Crippen molar-refractivity contribution in [1.29, 1.82) is 5.26 Å². The van der Waals surface area contributed by atoms with Crippen LogP contribution in [0, 0.1) is 17.1 Å². The maximum Gasteiger partial charge on any atom is 0.142 e. The Morgan fingerprint density at radius 3 is 2.71 bits per heavy atom. The molecule has 0 bridgehead atoms. The molecule has 0 unspecified atom stereocenters. The van der Waals surface area contributed by atoms with Crippen LogP contribution in [0.1, 0.15) is 46.0 Å². The van der Waals surface area contributed by atoms with E-state index in [0.29, 0.717) is 40.7 Å². The average molecular weight is 580 g/mol. The Morgan fingerprint density at radius 2 is 1.88 bits per heavy atom. The molecule has 2 N–H and O–H groups in total. The molecule has 0 radical (unpaired) electrons. The molecule has 0 saturated heterocycles. The van der Waals surface area contributed by atoms with Gasteiger partial charge in [0.1, 0.15) is 36.1 Å². The van der Waals surface area contributed by atoms with Crippen LogP contribution in [0.25, 0.3) is 11.1 Å². The van der Waals surface area contributed by atoms with Crippen molar-refractivity contribution in [3.63, 3.8) is 0 Å². The van der Waals surface area contributed by atoms with E-state index >= 15 is 0 Å². The molecular formula is C33H27ClFN5O2. The second-order valence-electron chi connectivity index (χ2n) is 10.1. The molecule has 0 saturated carbocycles. The number of rotatable bonds is 10. The molecule has 1 aliphatic carbocycles. The third-order valence-corrected chi connectivity index (χ3v) is 7.56. The third kappa shape index (κ3) is 5.98. The molecule has 7 nitrogen and oxygen atoms in total. The van der Waals surface area contributed by atoms with Gasteiger partial charge in [0.15, 0.2) is 0 Å². The Morgan fingerprint density at radius 1 is 1.00 bits per heavy atom. The lowest BCUT2D eigenvalue weighted by molar-refractivity contribution is 0.206. The SMILES string of the molecule is N#Cc1cncc(COc2cc(O[C@H]3CCc4c(-c5ccccc5F)cccc43)c(Cl)cc2CNCc2cnc[nH]2)c1. The predicted octanol–water partition coefficient (Wildman–Crippen LogP) is 7.07. The van der Waals surface area contributed by atoms with Crippen molar-refractivity contribution in [2.75, 3.05) is 0 Å². The van der Waals surface area contributed by atoms with Crippen LogP contribution >= 0.6 is 11.6 Å². The Labute approximate surface area is 247 Å². The number of nitrogens with one attached hydrogen (secondary N) is 2. The van der Waals surface area contributed by atoms with E-state index in [2.05, 4.69) is 26.3 Å². The predicted molar refractivity (Wildman–Crippen MR) is 157 cm³/mol. The Balaban J connectivity index is 1.26. The summed E-state index contributed by atoms with van der Waals surface area (Å²) in [5.74, 6) is 0.863. The summed E-state index contributed by atoms with van der Waals surface area (Å²) in [4.78, 5) is 11.3. The largest absolute Gasteiger partial charge is 0.488 e. The highest BCUT2D eigenvalue weighted by Gasteiger charge is 2.28. The van der Waals surface area contributed by atoms with Crippen molar-refractivity contribution in [1.82, 2.24) is 20.3 Å². The van der Waals surface area contributed by atoms with E-state index in [1.54, 1.807) is 36.9 Å². The monoisotopic (exact) mass is 579 g/mol. The van der Waals surface area contributed by atoms with Gasteiger partial charge in [0, 0.05) is 60.1 Å². The average Bonchev–Trinajstić information content (AvgIpc) is 3.68. The third-order valence-electron chi connectivity index (χ3n) is 7.27. The lowest BCUT2D eigenvalue weighted by Gasteiger charge is -2.20. The van der Waals surface area contributed by atoms with Gasteiger partial charge in [-0.05, 0) is 47.7 Å². The standard InChI is InChI=1S/C33H27ClFN5O2/c34-29-11-23(16-38-17-24-18-39-20-40-24)32(41-19-22-10-21(13-36)14-37-15-22)12-33(29)42-31-9-8-26-25(5-3-6-28(26)31)27-4-1-2-7-30(27)35/h1-7,10-12,14-15,18,20,31,38H,8-9,16-17,19H2,(H,39,40)/t31-/m0/s1. The van der Waals surface area contributed by atoms with Crippen molar-refractivity contribution in [3.05, 3.63) is 130 Å². The number of halogens is 2. The van der Waals surface area contributed by atoms with E-state index < -0.39 is 0 Å². The molecule has 9 heteroatoms. The number of pyridine rings is 1. The zero-order valence-electron chi connectivity index (χ0n) is 22.6. The number of fused-ring (bicyclic) bond motifs is 1. The Hall–Kier alpha value is -4.71. The maximum absolute atomic E-state index is 14.6. The maximum atomic E-state index is 14.6. The highest BCUT2D eigenvalue weighted by molar-refractivity contribution is 6.32. The van der Waals surface area contributed by atoms with Crippen LogP contribution in [0.4, 0.5) is 4.39 Å². The molecule has 42 heavy (non-hydrogen) atoms. The van der Waals surface area contributed by atoms with Gasteiger partial charge in [-0.15, -0.1) is 0 Å². The Kier molecular flexibility index (Phi) is 8.13. The number of nitriles is 1. The highest BCUT2D eigenvalue weighted by Crippen LogP contribution is 2.43. The Bertz CT molecular complexity index is 1750. The van der Waals surface area contributed by atoms with E-state index in [-0.39, 0.29) is 18.5 Å². The minimum Gasteiger partial charge on any atom is -0.488 e. The summed E-state index contributed by atoms with van der Waals surface area (Å²) in [7, 11) is 0. The summed E-state index contributed by atoms with van der Waals surface area (Å²) in [6.07, 6.45) is 7.86. The number of H-pyrrole nitrogens is 1. The van der Waals surface area contributed by atoms with E-state index in [1.165, 1.54) is 12.3 Å². The molecule has 0 fully saturated rings. The summed E-state index contributed by atoms with van der Waals surface area (Å²) in [5.41, 5.74) is 6.64. The van der Waals surface area contributed by atoms with E-state index in [4.69, 9.17) is 21.1 Å². The molecule has 0 amide bonds. The minimum absolute atomic E-state index is 0.218. The summed E-state index contributed by atoms with van der Waals surface area (Å²) in [6, 6.07) is 20.3. The first-order valence-corrected chi connectivity index (χ1v) is 14.0. The number of hydrogen-bond donors (Lipinski definition) is 2. The zero-order chi connectivity index (χ0) is 28.9. The van der Waals surface area contributed by atoms with Gasteiger partial charge >= 0.3 is 0 Å². The second-order valence-corrected chi connectivity index (χ2v) is 10.5. The molecule has 1 aliphatic rings. The van der Waals surface area contributed by atoms with Crippen LogP contribution in [0.3, 0.4) is 0 Å². The van der Waals surface area contributed by atoms with Crippen molar-refractivity contribution >= 4 is 11.6 Å². The molecule has 0 spiro atoms. The van der Waals surface area contributed by atoms with Crippen LogP contribution in [-0.2, 0) is 26.1 Å². The van der Waals surface area contributed by atoms with Gasteiger partial charge in [0.05, 0.1) is 16.9 Å². The molecule has 1 atom stereocenters. The number of imidazole rings is 1. The first-order valence-electron chi connectivity index (χ1n) is 13.6. The van der Waals surface area contributed by atoms with Gasteiger partial charge in [0.25, 0.3) is 0 Å². The van der Waals surface area contributed by atoms with Crippen LogP contribution in [0.15, 0.2) is 85.6 Å². The number of aromatic nitrogens is 3. The van der Waals surface area contributed by atoms with Crippen molar-refractivity contribution in [3.8, 4) is 28.7 Å². The van der Waals surface area contributed by atoms with Crippen LogP contribution in [0.2, 0.25) is 5.02 Å². The van der Waals surface area contributed by atoms with Crippen LogP contribution in [0.5, 0.6) is 11.5 Å². The van der Waals surface area contributed by atoms with Crippen molar-refractivity contribution < 1.29 is 13.9 Å². The number of ether oxygens (including phenoxy) is 2. The smallest absolute Gasteiger partial charge is 0.142 e. The van der Waals surface area contributed by atoms with Gasteiger partial charge in [-0.2, -0.15) is 5.26 Å². The number of hydrogen-bond acceptors (Lipinski definition) is 6. The molecule has 2 aromatic heterocycles. The molecule has 0 aliphatic heterocycles. The van der Waals surface area contributed by atoms with E-state index in [1.807, 2.05) is 36.4 Å². The fraction of sp³-hybridized carbons (Fsp3) is 0.182. The van der Waals surface area contributed by atoms with E-state index in [0.717, 1.165) is 46.4 Å². The fourth-order valence-electron chi connectivity index (χ4n) is 5.26. The second kappa shape index (κ2) is 12.4. The zero-order valence-corrected chi connectivity index (χ0v) is 23.4. The lowest BCUT2D eigenvalue weighted by Crippen LogP contribution is -2.14. The summed E-state index contributed by atoms with van der Waals surface area (Å²) in [6.45, 7) is 1.30. The van der Waals surface area contributed by atoms with Crippen LogP contribution < -0.4 is 14.8 Å². The first kappa shape index (κ1) is 27.5. The first-order chi connectivity index (χ1) is 20.6. The summed E-state index contributed by atoms with van der Waals surface area (Å²) < 4.78 is 27.4. The molecule has 6 rings (SSSR count). The quantitative estimate of drug-likeness (QED) is 0.184. The minimum atomic E-state index is -0.243. The summed E-state index contributed by atoms with van der Waals surface area (Å²) in [5, 5.41) is 13.1. The molecule has 5 aromatic rings. The van der Waals surface area contributed by atoms with Gasteiger partial charge in [-0.1, -0.05) is 48.0 Å². The normalized spacial score (nSPS) is 13.9. The van der Waals surface area contributed by atoms with Crippen molar-refractivity contribution in [2.45, 2.75) is 38.6 Å². The molecular weight excluding hydrogens is 553 g/mol. The molecule has 2 heterocycles. The van der Waals surface area contributed by atoms with Gasteiger partial charge in [0.2, 0.25) is 0 Å². The highest BCUT2D eigenvalue weighted by atomic mass is 35.5. The lowest BCUT2D eigenvalue weighted by atomic mass is 9.96.